The highest BCUT2D eigenvalue weighted by atomic mass is 16.2. The van der Waals surface area contributed by atoms with Crippen LogP contribution in [-0.2, 0) is 16.0 Å². The number of amides is 2. The normalized spacial score (nSPS) is 9.81. The van der Waals surface area contributed by atoms with Gasteiger partial charge in [0.05, 0.1) is 0 Å². The van der Waals surface area contributed by atoms with E-state index < -0.39 is 0 Å². The van der Waals surface area contributed by atoms with Gasteiger partial charge in [0.1, 0.15) is 12.2 Å². The summed E-state index contributed by atoms with van der Waals surface area (Å²) < 4.78 is 0. The lowest BCUT2D eigenvalue weighted by Gasteiger charge is -2.04. The van der Waals surface area contributed by atoms with E-state index in [2.05, 4.69) is 25.8 Å². The third kappa shape index (κ3) is 5.08. The van der Waals surface area contributed by atoms with Gasteiger partial charge in [-0.1, -0.05) is 0 Å². The quantitative estimate of drug-likeness (QED) is 0.577. The predicted octanol–water partition coefficient (Wildman–Crippen LogP) is -1.01. The fourth-order valence-corrected chi connectivity index (χ4v) is 1.11. The topological polar surface area (TPSA) is 99.8 Å². The number of hydrogen-bond donors (Lipinski definition) is 3. The minimum absolute atomic E-state index is 0.0896. The van der Waals surface area contributed by atoms with Gasteiger partial charge in [0.25, 0.3) is 0 Å². The first kappa shape index (κ1) is 12.2. The van der Waals surface area contributed by atoms with Crippen molar-refractivity contribution in [3.63, 3.8) is 0 Å². The molecule has 1 aromatic heterocycles. The van der Waals surface area contributed by atoms with E-state index in [-0.39, 0.29) is 18.2 Å². The van der Waals surface area contributed by atoms with E-state index in [4.69, 9.17) is 0 Å². The second kappa shape index (κ2) is 6.54. The molecule has 0 aliphatic heterocycles. The summed E-state index contributed by atoms with van der Waals surface area (Å²) >= 11 is 0. The van der Waals surface area contributed by atoms with Crippen LogP contribution in [0.1, 0.15) is 19.2 Å². The molecule has 0 spiro atoms. The Morgan fingerprint density at radius 3 is 2.81 bits per heavy atom. The van der Waals surface area contributed by atoms with Crippen LogP contribution < -0.4 is 10.6 Å². The number of aromatic amines is 1. The zero-order valence-corrected chi connectivity index (χ0v) is 9.12. The SMILES string of the molecule is CC(=O)NCCC(=O)NCCc1ncn[nH]1. The molecule has 1 aromatic rings. The number of rotatable bonds is 6. The van der Waals surface area contributed by atoms with Crippen molar-refractivity contribution in [2.45, 2.75) is 19.8 Å². The van der Waals surface area contributed by atoms with Crippen LogP contribution in [0.5, 0.6) is 0 Å². The van der Waals surface area contributed by atoms with Crippen molar-refractivity contribution in [3.05, 3.63) is 12.2 Å². The summed E-state index contributed by atoms with van der Waals surface area (Å²) in [6, 6.07) is 0. The molecule has 0 aromatic carbocycles. The highest BCUT2D eigenvalue weighted by Gasteiger charge is 2.01. The van der Waals surface area contributed by atoms with Crippen LogP contribution in [-0.4, -0.2) is 40.1 Å². The van der Waals surface area contributed by atoms with Crippen LogP contribution in [0.2, 0.25) is 0 Å². The number of carbonyl (C=O) groups is 2. The second-order valence-corrected chi connectivity index (χ2v) is 3.27. The summed E-state index contributed by atoms with van der Waals surface area (Å²) in [6.07, 6.45) is 2.33. The van der Waals surface area contributed by atoms with Crippen molar-refractivity contribution in [2.24, 2.45) is 0 Å². The third-order valence-corrected chi connectivity index (χ3v) is 1.87. The smallest absolute Gasteiger partial charge is 0.221 e. The van der Waals surface area contributed by atoms with Gasteiger partial charge in [-0.3, -0.25) is 14.7 Å². The molecule has 0 bridgehead atoms. The lowest BCUT2D eigenvalue weighted by atomic mass is 10.3. The lowest BCUT2D eigenvalue weighted by Crippen LogP contribution is -2.30. The minimum atomic E-state index is -0.130. The Labute approximate surface area is 93.0 Å². The maximum atomic E-state index is 11.2. The number of carbonyl (C=O) groups excluding carboxylic acids is 2. The molecular formula is C9H15N5O2. The van der Waals surface area contributed by atoms with E-state index in [0.717, 1.165) is 5.82 Å². The van der Waals surface area contributed by atoms with Crippen molar-refractivity contribution in [2.75, 3.05) is 13.1 Å². The zero-order valence-electron chi connectivity index (χ0n) is 9.12. The molecule has 2 amide bonds. The molecule has 7 heteroatoms. The summed E-state index contributed by atoms with van der Waals surface area (Å²) in [6.45, 7) is 2.29. The van der Waals surface area contributed by atoms with Gasteiger partial charge in [-0.2, -0.15) is 5.10 Å². The third-order valence-electron chi connectivity index (χ3n) is 1.87. The van der Waals surface area contributed by atoms with E-state index in [1.165, 1.54) is 13.3 Å². The van der Waals surface area contributed by atoms with Crippen molar-refractivity contribution in [3.8, 4) is 0 Å². The summed E-state index contributed by atoms with van der Waals surface area (Å²) in [4.78, 5) is 25.7. The molecule has 16 heavy (non-hydrogen) atoms. The summed E-state index contributed by atoms with van der Waals surface area (Å²) in [5, 5.41) is 11.7. The number of H-pyrrole nitrogens is 1. The van der Waals surface area contributed by atoms with Gasteiger partial charge in [0.15, 0.2) is 0 Å². The molecule has 7 nitrogen and oxygen atoms in total. The molecule has 0 saturated heterocycles. The predicted molar refractivity (Wildman–Crippen MR) is 56.4 cm³/mol. The Morgan fingerprint density at radius 1 is 1.38 bits per heavy atom. The summed E-state index contributed by atoms with van der Waals surface area (Å²) in [5.41, 5.74) is 0. The van der Waals surface area contributed by atoms with Crippen LogP contribution >= 0.6 is 0 Å². The van der Waals surface area contributed by atoms with Crippen molar-refractivity contribution in [1.82, 2.24) is 25.8 Å². The number of hydrogen-bond acceptors (Lipinski definition) is 4. The first-order chi connectivity index (χ1) is 7.68. The molecule has 0 aliphatic carbocycles. The van der Waals surface area contributed by atoms with Gasteiger partial charge in [-0.05, 0) is 0 Å². The summed E-state index contributed by atoms with van der Waals surface area (Å²) in [5.74, 6) is 0.518. The Kier molecular flexibility index (Phi) is 4.97. The summed E-state index contributed by atoms with van der Waals surface area (Å²) in [7, 11) is 0. The van der Waals surface area contributed by atoms with Gasteiger partial charge in [0.2, 0.25) is 11.8 Å². The fourth-order valence-electron chi connectivity index (χ4n) is 1.11. The first-order valence-corrected chi connectivity index (χ1v) is 5.04. The van der Waals surface area contributed by atoms with E-state index >= 15 is 0 Å². The highest BCUT2D eigenvalue weighted by Crippen LogP contribution is 1.86. The Bertz CT molecular complexity index is 336. The Balaban J connectivity index is 2.04. The van der Waals surface area contributed by atoms with Gasteiger partial charge in [0, 0.05) is 32.9 Å². The number of nitrogens with one attached hydrogen (secondary N) is 3. The largest absolute Gasteiger partial charge is 0.356 e. The van der Waals surface area contributed by atoms with Crippen LogP contribution in [0.4, 0.5) is 0 Å². The molecule has 0 unspecified atom stereocenters. The molecule has 0 radical (unpaired) electrons. The van der Waals surface area contributed by atoms with E-state index in [1.807, 2.05) is 0 Å². The molecular weight excluding hydrogens is 210 g/mol. The van der Waals surface area contributed by atoms with Crippen molar-refractivity contribution < 1.29 is 9.59 Å². The molecule has 0 fully saturated rings. The van der Waals surface area contributed by atoms with Crippen molar-refractivity contribution in [1.29, 1.82) is 0 Å². The van der Waals surface area contributed by atoms with Crippen molar-refractivity contribution >= 4 is 11.8 Å². The second-order valence-electron chi connectivity index (χ2n) is 3.27. The van der Waals surface area contributed by atoms with E-state index in [9.17, 15) is 9.59 Å². The van der Waals surface area contributed by atoms with Gasteiger partial charge in [-0.25, -0.2) is 4.98 Å². The van der Waals surface area contributed by atoms with Gasteiger partial charge < -0.3 is 10.6 Å². The average Bonchev–Trinajstić information content (AvgIpc) is 2.70. The van der Waals surface area contributed by atoms with Gasteiger partial charge in [-0.15, -0.1) is 0 Å². The van der Waals surface area contributed by atoms with E-state index in [1.54, 1.807) is 0 Å². The number of aromatic nitrogens is 3. The molecule has 0 aliphatic rings. The van der Waals surface area contributed by atoms with Gasteiger partial charge >= 0.3 is 0 Å². The molecule has 3 N–H and O–H groups in total. The maximum absolute atomic E-state index is 11.2. The van der Waals surface area contributed by atoms with E-state index in [0.29, 0.717) is 19.5 Å². The molecule has 88 valence electrons. The number of nitrogens with zero attached hydrogens (tertiary/aromatic N) is 2. The minimum Gasteiger partial charge on any atom is -0.356 e. The Morgan fingerprint density at radius 2 is 2.19 bits per heavy atom. The first-order valence-electron chi connectivity index (χ1n) is 5.04. The molecule has 1 heterocycles. The van der Waals surface area contributed by atoms with Crippen LogP contribution in [0.15, 0.2) is 6.33 Å². The zero-order chi connectivity index (χ0) is 11.8. The molecule has 0 saturated carbocycles. The molecule has 1 rings (SSSR count). The van der Waals surface area contributed by atoms with Crippen LogP contribution in [0.3, 0.4) is 0 Å². The molecule has 0 atom stereocenters. The fraction of sp³-hybridized carbons (Fsp3) is 0.556. The van der Waals surface area contributed by atoms with Crippen LogP contribution in [0.25, 0.3) is 0 Å². The monoisotopic (exact) mass is 225 g/mol. The van der Waals surface area contributed by atoms with Crippen LogP contribution in [0, 0.1) is 0 Å². The highest BCUT2D eigenvalue weighted by molar-refractivity contribution is 5.77. The maximum Gasteiger partial charge on any atom is 0.221 e. The standard InChI is InChI=1S/C9H15N5O2/c1-7(15)10-5-3-9(16)11-4-2-8-12-6-13-14-8/h6H,2-5H2,1H3,(H,10,15)(H,11,16)(H,12,13,14). The average molecular weight is 225 g/mol. The Hall–Kier alpha value is -1.92. The lowest BCUT2D eigenvalue weighted by molar-refractivity contribution is -0.121.